The third kappa shape index (κ3) is 1.85. The van der Waals surface area contributed by atoms with Gasteiger partial charge in [0.1, 0.15) is 11.3 Å². The van der Waals surface area contributed by atoms with Crippen molar-refractivity contribution in [2.24, 2.45) is 11.7 Å². The average Bonchev–Trinajstić information content (AvgIpc) is 2.60. The van der Waals surface area contributed by atoms with E-state index in [9.17, 15) is 0 Å². The quantitative estimate of drug-likeness (QED) is 0.833. The van der Waals surface area contributed by atoms with E-state index < -0.39 is 0 Å². The van der Waals surface area contributed by atoms with Crippen LogP contribution in [-0.2, 0) is 0 Å². The Morgan fingerprint density at radius 3 is 2.31 bits per heavy atom. The topological polar surface area (TPSA) is 39.2 Å². The molecule has 1 aromatic heterocycles. The van der Waals surface area contributed by atoms with Crippen LogP contribution in [0.2, 0.25) is 0 Å². The number of fused-ring (bicyclic) bond motifs is 1. The van der Waals surface area contributed by atoms with Gasteiger partial charge in [-0.3, -0.25) is 0 Å². The molecule has 1 atom stereocenters. The number of furan rings is 1. The monoisotopic (exact) mass is 217 g/mol. The molecule has 86 valence electrons. The van der Waals surface area contributed by atoms with Crippen molar-refractivity contribution in [2.75, 3.05) is 0 Å². The Balaban J connectivity index is 2.52. The van der Waals surface area contributed by atoms with Crippen molar-refractivity contribution in [1.82, 2.24) is 0 Å². The molecule has 0 aliphatic rings. The van der Waals surface area contributed by atoms with Gasteiger partial charge in [-0.2, -0.15) is 0 Å². The maximum Gasteiger partial charge on any atom is 0.134 e. The van der Waals surface area contributed by atoms with E-state index in [-0.39, 0.29) is 6.04 Å². The SMILES string of the molecule is Cc1cc2cc([C@H](N)C(C)C)oc2cc1C. The van der Waals surface area contributed by atoms with Gasteiger partial charge in [0.2, 0.25) is 0 Å². The van der Waals surface area contributed by atoms with Gasteiger partial charge in [-0.15, -0.1) is 0 Å². The lowest BCUT2D eigenvalue weighted by molar-refractivity contribution is 0.418. The summed E-state index contributed by atoms with van der Waals surface area (Å²) in [6.07, 6.45) is 0. The fraction of sp³-hybridized carbons (Fsp3) is 0.429. The zero-order chi connectivity index (χ0) is 11.9. The molecule has 0 radical (unpaired) electrons. The minimum absolute atomic E-state index is 0.0204. The minimum atomic E-state index is -0.0204. The zero-order valence-corrected chi connectivity index (χ0v) is 10.4. The first-order chi connectivity index (χ1) is 7.49. The highest BCUT2D eigenvalue weighted by atomic mass is 16.3. The van der Waals surface area contributed by atoms with E-state index in [1.807, 2.05) is 0 Å². The van der Waals surface area contributed by atoms with Crippen molar-refractivity contribution in [1.29, 1.82) is 0 Å². The summed E-state index contributed by atoms with van der Waals surface area (Å²) in [5.74, 6) is 1.28. The first-order valence-corrected chi connectivity index (χ1v) is 5.75. The van der Waals surface area contributed by atoms with Crippen molar-refractivity contribution in [2.45, 2.75) is 33.7 Å². The van der Waals surface area contributed by atoms with E-state index in [1.54, 1.807) is 0 Å². The molecule has 0 spiro atoms. The van der Waals surface area contributed by atoms with Gasteiger partial charge in [0.05, 0.1) is 6.04 Å². The molecule has 1 heterocycles. The Morgan fingerprint density at radius 1 is 1.06 bits per heavy atom. The largest absolute Gasteiger partial charge is 0.459 e. The Morgan fingerprint density at radius 2 is 1.69 bits per heavy atom. The molecule has 0 unspecified atom stereocenters. The lowest BCUT2D eigenvalue weighted by Gasteiger charge is -2.11. The highest BCUT2D eigenvalue weighted by Crippen LogP contribution is 2.28. The number of aryl methyl sites for hydroxylation is 2. The number of rotatable bonds is 2. The summed E-state index contributed by atoms with van der Waals surface area (Å²) in [4.78, 5) is 0. The molecular weight excluding hydrogens is 198 g/mol. The van der Waals surface area contributed by atoms with Crippen LogP contribution in [0.5, 0.6) is 0 Å². The molecule has 0 saturated heterocycles. The molecule has 2 aromatic rings. The summed E-state index contributed by atoms with van der Waals surface area (Å²) in [6, 6.07) is 6.28. The molecular formula is C14H19NO. The van der Waals surface area contributed by atoms with E-state index in [2.05, 4.69) is 45.9 Å². The first-order valence-electron chi connectivity index (χ1n) is 5.75. The number of hydrogen-bond donors (Lipinski definition) is 1. The molecule has 1 aromatic carbocycles. The van der Waals surface area contributed by atoms with Crippen LogP contribution in [0.3, 0.4) is 0 Å². The van der Waals surface area contributed by atoms with Gasteiger partial charge in [-0.25, -0.2) is 0 Å². The van der Waals surface area contributed by atoms with Gasteiger partial charge in [0.15, 0.2) is 0 Å². The molecule has 2 heteroatoms. The molecule has 0 fully saturated rings. The Hall–Kier alpha value is -1.28. The molecule has 2 rings (SSSR count). The molecule has 0 saturated carbocycles. The lowest BCUT2D eigenvalue weighted by atomic mass is 10.0. The van der Waals surface area contributed by atoms with Crippen molar-refractivity contribution in [3.8, 4) is 0 Å². The van der Waals surface area contributed by atoms with Gasteiger partial charge in [-0.1, -0.05) is 13.8 Å². The maximum absolute atomic E-state index is 6.08. The lowest BCUT2D eigenvalue weighted by Crippen LogP contribution is -2.15. The van der Waals surface area contributed by atoms with Crippen molar-refractivity contribution >= 4 is 11.0 Å². The summed E-state index contributed by atoms with van der Waals surface area (Å²) >= 11 is 0. The van der Waals surface area contributed by atoms with Crippen molar-refractivity contribution in [3.05, 3.63) is 35.1 Å². The highest BCUT2D eigenvalue weighted by Gasteiger charge is 2.15. The van der Waals surface area contributed by atoms with E-state index in [4.69, 9.17) is 10.2 Å². The first kappa shape index (κ1) is 11.2. The third-order valence-electron chi connectivity index (χ3n) is 3.20. The number of hydrogen-bond acceptors (Lipinski definition) is 2. The van der Waals surface area contributed by atoms with E-state index >= 15 is 0 Å². The standard InChI is InChI=1S/C14H19NO/c1-8(2)14(15)13-7-11-5-9(3)10(4)6-12(11)16-13/h5-8,14H,15H2,1-4H3/t14-/m1/s1. The van der Waals surface area contributed by atoms with Crippen LogP contribution in [0.25, 0.3) is 11.0 Å². The van der Waals surface area contributed by atoms with Crippen molar-refractivity contribution < 1.29 is 4.42 Å². The Kier molecular flexibility index (Phi) is 2.76. The van der Waals surface area contributed by atoms with Crippen LogP contribution in [0.4, 0.5) is 0 Å². The second-order valence-electron chi connectivity index (χ2n) is 4.89. The second-order valence-corrected chi connectivity index (χ2v) is 4.89. The Bertz CT molecular complexity index is 472. The zero-order valence-electron chi connectivity index (χ0n) is 10.4. The molecule has 2 N–H and O–H groups in total. The highest BCUT2D eigenvalue weighted by molar-refractivity contribution is 5.79. The van der Waals surface area contributed by atoms with Crippen molar-refractivity contribution in [3.63, 3.8) is 0 Å². The predicted octanol–water partition coefficient (Wildman–Crippen LogP) is 3.71. The fourth-order valence-corrected chi connectivity index (χ4v) is 1.82. The molecule has 16 heavy (non-hydrogen) atoms. The van der Waals surface area contributed by atoms with Crippen LogP contribution in [0.1, 0.15) is 36.8 Å². The molecule has 2 nitrogen and oxygen atoms in total. The van der Waals surface area contributed by atoms with Crippen LogP contribution >= 0.6 is 0 Å². The van der Waals surface area contributed by atoms with Gasteiger partial charge >= 0.3 is 0 Å². The Labute approximate surface area is 96.4 Å². The summed E-state index contributed by atoms with van der Waals surface area (Å²) in [6.45, 7) is 8.42. The van der Waals surface area contributed by atoms with E-state index in [0.29, 0.717) is 5.92 Å². The van der Waals surface area contributed by atoms with Gasteiger partial charge < -0.3 is 10.2 Å². The van der Waals surface area contributed by atoms with Gasteiger partial charge in [0, 0.05) is 5.39 Å². The summed E-state index contributed by atoms with van der Waals surface area (Å²) in [5.41, 5.74) is 9.57. The van der Waals surface area contributed by atoms with Crippen LogP contribution in [-0.4, -0.2) is 0 Å². The van der Waals surface area contributed by atoms with Crippen LogP contribution in [0.15, 0.2) is 22.6 Å². The summed E-state index contributed by atoms with van der Waals surface area (Å²) < 4.78 is 5.80. The number of benzene rings is 1. The molecule has 0 bridgehead atoms. The smallest absolute Gasteiger partial charge is 0.134 e. The number of nitrogens with two attached hydrogens (primary N) is 1. The summed E-state index contributed by atoms with van der Waals surface area (Å²) in [7, 11) is 0. The predicted molar refractivity (Wildman–Crippen MR) is 67.5 cm³/mol. The summed E-state index contributed by atoms with van der Waals surface area (Å²) in [5, 5.41) is 1.15. The van der Waals surface area contributed by atoms with Gasteiger partial charge in [-0.05, 0) is 49.1 Å². The van der Waals surface area contributed by atoms with Gasteiger partial charge in [0.25, 0.3) is 0 Å². The molecule has 0 aliphatic heterocycles. The third-order valence-corrected chi connectivity index (χ3v) is 3.20. The van der Waals surface area contributed by atoms with Crippen LogP contribution in [0, 0.1) is 19.8 Å². The van der Waals surface area contributed by atoms with E-state index in [0.717, 1.165) is 16.7 Å². The fourth-order valence-electron chi connectivity index (χ4n) is 1.82. The van der Waals surface area contributed by atoms with Crippen LogP contribution < -0.4 is 5.73 Å². The molecule has 0 amide bonds. The normalized spacial score (nSPS) is 13.6. The molecule has 0 aliphatic carbocycles. The minimum Gasteiger partial charge on any atom is -0.459 e. The second kappa shape index (κ2) is 3.95. The van der Waals surface area contributed by atoms with E-state index in [1.165, 1.54) is 11.1 Å². The maximum atomic E-state index is 6.08. The average molecular weight is 217 g/mol.